The van der Waals surface area contributed by atoms with Crippen LogP contribution in [0.15, 0.2) is 42.7 Å². The highest BCUT2D eigenvalue weighted by Gasteiger charge is 2.06. The van der Waals surface area contributed by atoms with E-state index in [0.717, 1.165) is 12.8 Å². The van der Waals surface area contributed by atoms with E-state index in [0.29, 0.717) is 0 Å². The predicted molar refractivity (Wildman–Crippen MR) is 65.0 cm³/mol. The zero-order valence-electron chi connectivity index (χ0n) is 9.50. The monoisotopic (exact) mass is 215 g/mol. The largest absolute Gasteiger partial charge is 0.327 e. The quantitative estimate of drug-likeness (QED) is 0.840. The van der Waals surface area contributed by atoms with Crippen molar-refractivity contribution in [3.8, 4) is 0 Å². The Hall–Kier alpha value is -1.61. The van der Waals surface area contributed by atoms with E-state index in [1.807, 2.05) is 42.3 Å². The SMILES string of the molecule is Cn1cc(CC(N)Cc2ccccc2)cn1. The van der Waals surface area contributed by atoms with Gasteiger partial charge in [0.2, 0.25) is 0 Å². The van der Waals surface area contributed by atoms with Crippen molar-refractivity contribution in [1.82, 2.24) is 9.78 Å². The minimum Gasteiger partial charge on any atom is -0.327 e. The molecular formula is C13H17N3. The van der Waals surface area contributed by atoms with Crippen molar-refractivity contribution >= 4 is 0 Å². The van der Waals surface area contributed by atoms with E-state index in [2.05, 4.69) is 17.2 Å². The summed E-state index contributed by atoms with van der Waals surface area (Å²) in [6, 6.07) is 10.5. The van der Waals surface area contributed by atoms with Crippen LogP contribution in [0.1, 0.15) is 11.1 Å². The first-order chi connectivity index (χ1) is 7.74. The molecule has 0 amide bonds. The molecular weight excluding hydrogens is 198 g/mol. The summed E-state index contributed by atoms with van der Waals surface area (Å²) < 4.78 is 1.81. The lowest BCUT2D eigenvalue weighted by molar-refractivity contribution is 0.664. The Balaban J connectivity index is 1.92. The number of aromatic nitrogens is 2. The van der Waals surface area contributed by atoms with Crippen LogP contribution in [0, 0.1) is 0 Å². The second-order valence-electron chi connectivity index (χ2n) is 4.18. The average Bonchev–Trinajstić information content (AvgIpc) is 2.65. The molecule has 2 N–H and O–H groups in total. The number of aryl methyl sites for hydroxylation is 1. The summed E-state index contributed by atoms with van der Waals surface area (Å²) in [4.78, 5) is 0. The molecule has 0 fully saturated rings. The highest BCUT2D eigenvalue weighted by atomic mass is 15.2. The molecule has 2 rings (SSSR count). The summed E-state index contributed by atoms with van der Waals surface area (Å²) in [5.74, 6) is 0. The van der Waals surface area contributed by atoms with Crippen LogP contribution in [-0.2, 0) is 19.9 Å². The first kappa shape index (κ1) is 10.9. The molecule has 3 heteroatoms. The summed E-state index contributed by atoms with van der Waals surface area (Å²) in [6.07, 6.45) is 5.69. The molecule has 0 saturated heterocycles. The van der Waals surface area contributed by atoms with E-state index in [-0.39, 0.29) is 6.04 Å². The molecule has 1 unspecified atom stereocenters. The van der Waals surface area contributed by atoms with Gasteiger partial charge in [-0.05, 0) is 24.0 Å². The predicted octanol–water partition coefficient (Wildman–Crippen LogP) is 1.53. The van der Waals surface area contributed by atoms with Gasteiger partial charge in [-0.1, -0.05) is 30.3 Å². The lowest BCUT2D eigenvalue weighted by atomic mass is 10.0. The topological polar surface area (TPSA) is 43.8 Å². The smallest absolute Gasteiger partial charge is 0.0522 e. The van der Waals surface area contributed by atoms with Gasteiger partial charge in [0.05, 0.1) is 6.20 Å². The van der Waals surface area contributed by atoms with Crippen LogP contribution in [0.5, 0.6) is 0 Å². The highest BCUT2D eigenvalue weighted by Crippen LogP contribution is 2.06. The van der Waals surface area contributed by atoms with Crippen molar-refractivity contribution in [2.45, 2.75) is 18.9 Å². The van der Waals surface area contributed by atoms with Crippen molar-refractivity contribution in [1.29, 1.82) is 0 Å². The average molecular weight is 215 g/mol. The lowest BCUT2D eigenvalue weighted by Gasteiger charge is -2.09. The Morgan fingerprint density at radius 3 is 2.50 bits per heavy atom. The van der Waals surface area contributed by atoms with Crippen molar-refractivity contribution in [2.75, 3.05) is 0 Å². The third-order valence-electron chi connectivity index (χ3n) is 2.60. The van der Waals surface area contributed by atoms with Gasteiger partial charge in [-0.3, -0.25) is 4.68 Å². The van der Waals surface area contributed by atoms with Crippen molar-refractivity contribution in [2.24, 2.45) is 12.8 Å². The standard InChI is InChI=1S/C13H17N3/c1-16-10-12(9-15-16)8-13(14)7-11-5-3-2-4-6-11/h2-6,9-10,13H,7-8,14H2,1H3. The highest BCUT2D eigenvalue weighted by molar-refractivity contribution is 5.17. The molecule has 1 heterocycles. The van der Waals surface area contributed by atoms with Crippen LogP contribution < -0.4 is 5.73 Å². The fraction of sp³-hybridized carbons (Fsp3) is 0.308. The Kier molecular flexibility index (Phi) is 3.37. The minimum absolute atomic E-state index is 0.159. The van der Waals surface area contributed by atoms with Gasteiger partial charge < -0.3 is 5.73 Å². The van der Waals surface area contributed by atoms with Gasteiger partial charge in [0.25, 0.3) is 0 Å². The van der Waals surface area contributed by atoms with Gasteiger partial charge in [0, 0.05) is 19.3 Å². The summed E-state index contributed by atoms with van der Waals surface area (Å²) in [7, 11) is 1.92. The molecule has 84 valence electrons. The molecule has 1 aromatic carbocycles. The summed E-state index contributed by atoms with van der Waals surface area (Å²) >= 11 is 0. The fourth-order valence-electron chi connectivity index (χ4n) is 1.87. The second kappa shape index (κ2) is 4.94. The van der Waals surface area contributed by atoms with Gasteiger partial charge >= 0.3 is 0 Å². The third kappa shape index (κ3) is 2.94. The van der Waals surface area contributed by atoms with Gasteiger partial charge in [0.15, 0.2) is 0 Å². The molecule has 0 aliphatic rings. The molecule has 0 spiro atoms. The molecule has 2 aromatic rings. The van der Waals surface area contributed by atoms with Crippen molar-refractivity contribution in [3.63, 3.8) is 0 Å². The van der Waals surface area contributed by atoms with E-state index in [1.165, 1.54) is 11.1 Å². The summed E-state index contributed by atoms with van der Waals surface area (Å²) in [5, 5.41) is 4.14. The van der Waals surface area contributed by atoms with Crippen LogP contribution >= 0.6 is 0 Å². The van der Waals surface area contributed by atoms with Gasteiger partial charge in [-0.15, -0.1) is 0 Å². The Labute approximate surface area is 95.9 Å². The normalized spacial score (nSPS) is 12.6. The second-order valence-corrected chi connectivity index (χ2v) is 4.18. The molecule has 1 aromatic heterocycles. The number of hydrogen-bond acceptors (Lipinski definition) is 2. The van der Waals surface area contributed by atoms with Crippen molar-refractivity contribution in [3.05, 3.63) is 53.9 Å². The van der Waals surface area contributed by atoms with Crippen LogP contribution in [0.3, 0.4) is 0 Å². The fourth-order valence-corrected chi connectivity index (χ4v) is 1.87. The van der Waals surface area contributed by atoms with E-state index in [9.17, 15) is 0 Å². The Bertz CT molecular complexity index is 433. The Morgan fingerprint density at radius 1 is 1.19 bits per heavy atom. The maximum absolute atomic E-state index is 6.11. The molecule has 0 saturated carbocycles. The van der Waals surface area contributed by atoms with Gasteiger partial charge in [-0.25, -0.2) is 0 Å². The first-order valence-electron chi connectivity index (χ1n) is 5.51. The zero-order chi connectivity index (χ0) is 11.4. The number of rotatable bonds is 4. The van der Waals surface area contributed by atoms with E-state index in [4.69, 9.17) is 5.73 Å². The zero-order valence-corrected chi connectivity index (χ0v) is 9.50. The number of nitrogens with zero attached hydrogens (tertiary/aromatic N) is 2. The molecule has 0 aliphatic heterocycles. The molecule has 0 bridgehead atoms. The number of nitrogens with two attached hydrogens (primary N) is 1. The minimum atomic E-state index is 0.159. The molecule has 0 aliphatic carbocycles. The number of hydrogen-bond donors (Lipinski definition) is 1. The van der Waals surface area contributed by atoms with Crippen LogP contribution in [-0.4, -0.2) is 15.8 Å². The molecule has 16 heavy (non-hydrogen) atoms. The summed E-state index contributed by atoms with van der Waals surface area (Å²) in [5.41, 5.74) is 8.60. The maximum Gasteiger partial charge on any atom is 0.0522 e. The van der Waals surface area contributed by atoms with Gasteiger partial charge in [-0.2, -0.15) is 5.10 Å². The van der Waals surface area contributed by atoms with Crippen molar-refractivity contribution < 1.29 is 0 Å². The lowest BCUT2D eigenvalue weighted by Crippen LogP contribution is -2.25. The van der Waals surface area contributed by atoms with E-state index >= 15 is 0 Å². The Morgan fingerprint density at radius 2 is 1.88 bits per heavy atom. The molecule has 1 atom stereocenters. The first-order valence-corrected chi connectivity index (χ1v) is 5.51. The van der Waals surface area contributed by atoms with E-state index in [1.54, 1.807) is 0 Å². The van der Waals surface area contributed by atoms with E-state index < -0.39 is 0 Å². The summed E-state index contributed by atoms with van der Waals surface area (Å²) in [6.45, 7) is 0. The third-order valence-corrected chi connectivity index (χ3v) is 2.60. The van der Waals surface area contributed by atoms with Crippen LogP contribution in [0.2, 0.25) is 0 Å². The van der Waals surface area contributed by atoms with Crippen LogP contribution in [0.4, 0.5) is 0 Å². The maximum atomic E-state index is 6.11. The number of benzene rings is 1. The molecule has 3 nitrogen and oxygen atoms in total. The van der Waals surface area contributed by atoms with Crippen LogP contribution in [0.25, 0.3) is 0 Å². The van der Waals surface area contributed by atoms with Gasteiger partial charge in [0.1, 0.15) is 0 Å². The molecule has 0 radical (unpaired) electrons.